The standard InChI is InChI=1S/C17H29N3O/c1-5-18-17(19-11-14(3)4)20-12-15-9-7-8-10-16(15)13-21-6-2/h7-10,14H,5-6,11-13H2,1-4H3,(H2,18,19,20). The summed E-state index contributed by atoms with van der Waals surface area (Å²) in [4.78, 5) is 4.66. The van der Waals surface area contributed by atoms with Gasteiger partial charge < -0.3 is 15.4 Å². The van der Waals surface area contributed by atoms with Crippen LogP contribution in [-0.4, -0.2) is 25.7 Å². The highest BCUT2D eigenvalue weighted by molar-refractivity contribution is 5.79. The molecule has 0 aliphatic carbocycles. The Hall–Kier alpha value is -1.55. The maximum absolute atomic E-state index is 5.51. The highest BCUT2D eigenvalue weighted by atomic mass is 16.5. The summed E-state index contributed by atoms with van der Waals surface area (Å²) < 4.78 is 5.51. The Morgan fingerprint density at radius 2 is 1.86 bits per heavy atom. The number of nitrogens with one attached hydrogen (secondary N) is 2. The number of rotatable bonds is 8. The number of hydrogen-bond acceptors (Lipinski definition) is 2. The summed E-state index contributed by atoms with van der Waals surface area (Å²) in [6.07, 6.45) is 0. The Labute approximate surface area is 129 Å². The van der Waals surface area contributed by atoms with Gasteiger partial charge in [0.1, 0.15) is 0 Å². The molecule has 0 aliphatic rings. The van der Waals surface area contributed by atoms with Crippen LogP contribution in [0.25, 0.3) is 0 Å². The first-order valence-corrected chi connectivity index (χ1v) is 7.84. The van der Waals surface area contributed by atoms with Crippen molar-refractivity contribution in [1.29, 1.82) is 0 Å². The third kappa shape index (κ3) is 7.14. The fraction of sp³-hybridized carbons (Fsp3) is 0.588. The molecule has 0 unspecified atom stereocenters. The van der Waals surface area contributed by atoms with Crippen molar-refractivity contribution >= 4 is 5.96 Å². The van der Waals surface area contributed by atoms with Gasteiger partial charge in [0, 0.05) is 19.7 Å². The minimum absolute atomic E-state index is 0.596. The average molecular weight is 291 g/mol. The van der Waals surface area contributed by atoms with E-state index in [0.717, 1.165) is 25.7 Å². The van der Waals surface area contributed by atoms with Crippen LogP contribution in [0.15, 0.2) is 29.3 Å². The smallest absolute Gasteiger partial charge is 0.191 e. The van der Waals surface area contributed by atoms with Crippen molar-refractivity contribution in [3.8, 4) is 0 Å². The number of ether oxygens (including phenoxy) is 1. The third-order valence-corrected chi connectivity index (χ3v) is 3.01. The molecule has 0 amide bonds. The highest BCUT2D eigenvalue weighted by Crippen LogP contribution is 2.11. The van der Waals surface area contributed by atoms with Crippen LogP contribution >= 0.6 is 0 Å². The molecule has 0 fully saturated rings. The summed E-state index contributed by atoms with van der Waals surface area (Å²) in [5.41, 5.74) is 2.43. The summed E-state index contributed by atoms with van der Waals surface area (Å²) >= 11 is 0. The van der Waals surface area contributed by atoms with Gasteiger partial charge in [-0.1, -0.05) is 38.1 Å². The molecule has 1 aromatic carbocycles. The number of benzene rings is 1. The number of hydrogen-bond donors (Lipinski definition) is 2. The molecule has 0 spiro atoms. The van der Waals surface area contributed by atoms with Crippen LogP contribution in [0, 0.1) is 5.92 Å². The molecular weight excluding hydrogens is 262 g/mol. The zero-order valence-corrected chi connectivity index (χ0v) is 13.8. The highest BCUT2D eigenvalue weighted by Gasteiger charge is 2.03. The molecule has 0 bridgehead atoms. The van der Waals surface area contributed by atoms with Gasteiger partial charge >= 0.3 is 0 Å². The minimum Gasteiger partial charge on any atom is -0.377 e. The van der Waals surface area contributed by atoms with E-state index < -0.39 is 0 Å². The number of nitrogens with zero attached hydrogens (tertiary/aromatic N) is 1. The molecule has 0 saturated heterocycles. The average Bonchev–Trinajstić information content (AvgIpc) is 2.48. The van der Waals surface area contributed by atoms with Crippen molar-refractivity contribution in [3.63, 3.8) is 0 Å². The van der Waals surface area contributed by atoms with Crippen LogP contribution in [0.5, 0.6) is 0 Å². The van der Waals surface area contributed by atoms with Crippen LogP contribution in [0.3, 0.4) is 0 Å². The minimum atomic E-state index is 0.596. The van der Waals surface area contributed by atoms with Gasteiger partial charge in [-0.25, -0.2) is 4.99 Å². The topological polar surface area (TPSA) is 45.7 Å². The van der Waals surface area contributed by atoms with E-state index in [2.05, 4.69) is 54.6 Å². The Morgan fingerprint density at radius 3 is 2.48 bits per heavy atom. The summed E-state index contributed by atoms with van der Waals surface area (Å²) in [6, 6.07) is 8.32. The van der Waals surface area contributed by atoms with Gasteiger partial charge in [-0.05, 0) is 30.9 Å². The molecule has 1 aromatic rings. The maximum atomic E-state index is 5.51. The second-order valence-corrected chi connectivity index (χ2v) is 5.38. The van der Waals surface area contributed by atoms with E-state index in [1.54, 1.807) is 0 Å². The zero-order valence-electron chi connectivity index (χ0n) is 13.8. The lowest BCUT2D eigenvalue weighted by Crippen LogP contribution is -2.39. The molecule has 0 radical (unpaired) electrons. The van der Waals surface area contributed by atoms with Crippen LogP contribution in [0.2, 0.25) is 0 Å². The molecule has 0 aromatic heterocycles. The second-order valence-electron chi connectivity index (χ2n) is 5.38. The van der Waals surface area contributed by atoms with Crippen molar-refractivity contribution < 1.29 is 4.74 Å². The van der Waals surface area contributed by atoms with Crippen molar-refractivity contribution in [3.05, 3.63) is 35.4 Å². The lowest BCUT2D eigenvalue weighted by molar-refractivity contribution is 0.133. The van der Waals surface area contributed by atoms with E-state index >= 15 is 0 Å². The summed E-state index contributed by atoms with van der Waals surface area (Å²) in [6.45, 7) is 12.3. The van der Waals surface area contributed by atoms with Crippen molar-refractivity contribution in [2.75, 3.05) is 19.7 Å². The van der Waals surface area contributed by atoms with Gasteiger partial charge in [0.2, 0.25) is 0 Å². The van der Waals surface area contributed by atoms with E-state index in [4.69, 9.17) is 4.74 Å². The maximum Gasteiger partial charge on any atom is 0.191 e. The number of aliphatic imine (C=N–C) groups is 1. The second kappa shape index (κ2) is 10.2. The third-order valence-electron chi connectivity index (χ3n) is 3.01. The Morgan fingerprint density at radius 1 is 1.14 bits per heavy atom. The first-order valence-electron chi connectivity index (χ1n) is 7.84. The van der Waals surface area contributed by atoms with Crippen LogP contribution in [0.4, 0.5) is 0 Å². The zero-order chi connectivity index (χ0) is 15.5. The Bertz CT molecular complexity index is 430. The SMILES string of the molecule is CCNC(=NCc1ccccc1COCC)NCC(C)C. The van der Waals surface area contributed by atoms with Gasteiger partial charge in [-0.15, -0.1) is 0 Å². The molecule has 0 atom stereocenters. The monoisotopic (exact) mass is 291 g/mol. The van der Waals surface area contributed by atoms with E-state index in [-0.39, 0.29) is 0 Å². The summed E-state index contributed by atoms with van der Waals surface area (Å²) in [7, 11) is 0. The van der Waals surface area contributed by atoms with E-state index in [1.807, 2.05) is 13.0 Å². The predicted octanol–water partition coefficient (Wildman–Crippen LogP) is 2.93. The number of guanidine groups is 1. The lowest BCUT2D eigenvalue weighted by Gasteiger charge is -2.13. The first-order chi connectivity index (χ1) is 10.2. The van der Waals surface area contributed by atoms with Crippen LogP contribution < -0.4 is 10.6 Å². The van der Waals surface area contributed by atoms with Crippen molar-refractivity contribution in [2.45, 2.75) is 40.8 Å². The Kier molecular flexibility index (Phi) is 8.51. The largest absolute Gasteiger partial charge is 0.377 e. The summed E-state index contributed by atoms with van der Waals surface area (Å²) in [5.74, 6) is 1.47. The Balaban J connectivity index is 2.70. The summed E-state index contributed by atoms with van der Waals surface area (Å²) in [5, 5.41) is 6.64. The molecule has 118 valence electrons. The van der Waals surface area contributed by atoms with E-state index in [0.29, 0.717) is 19.1 Å². The van der Waals surface area contributed by atoms with Crippen molar-refractivity contribution in [1.82, 2.24) is 10.6 Å². The molecule has 0 heterocycles. The van der Waals surface area contributed by atoms with Gasteiger partial charge in [-0.3, -0.25) is 0 Å². The van der Waals surface area contributed by atoms with Gasteiger partial charge in [-0.2, -0.15) is 0 Å². The molecule has 1 rings (SSSR count). The van der Waals surface area contributed by atoms with Gasteiger partial charge in [0.15, 0.2) is 5.96 Å². The van der Waals surface area contributed by atoms with Crippen molar-refractivity contribution in [2.24, 2.45) is 10.9 Å². The van der Waals surface area contributed by atoms with Gasteiger partial charge in [0.25, 0.3) is 0 Å². The predicted molar refractivity (Wildman–Crippen MR) is 89.4 cm³/mol. The van der Waals surface area contributed by atoms with Gasteiger partial charge in [0.05, 0.1) is 13.2 Å². The van der Waals surface area contributed by atoms with Crippen LogP contribution in [0.1, 0.15) is 38.8 Å². The fourth-order valence-corrected chi connectivity index (χ4v) is 1.87. The fourth-order valence-electron chi connectivity index (χ4n) is 1.87. The van der Waals surface area contributed by atoms with Crippen LogP contribution in [-0.2, 0) is 17.9 Å². The molecule has 4 heteroatoms. The molecule has 21 heavy (non-hydrogen) atoms. The molecule has 0 saturated carbocycles. The lowest BCUT2D eigenvalue weighted by atomic mass is 10.1. The molecule has 0 aliphatic heterocycles. The quantitative estimate of drug-likeness (QED) is 0.572. The van der Waals surface area contributed by atoms with E-state index in [1.165, 1.54) is 11.1 Å². The molecule has 4 nitrogen and oxygen atoms in total. The normalized spacial score (nSPS) is 11.8. The first kappa shape index (κ1) is 17.5. The van der Waals surface area contributed by atoms with E-state index in [9.17, 15) is 0 Å². The molecule has 2 N–H and O–H groups in total. The molecular formula is C17H29N3O.